The summed E-state index contributed by atoms with van der Waals surface area (Å²) >= 11 is 12.1. The molecule has 27 heavy (non-hydrogen) atoms. The fourth-order valence-electron chi connectivity index (χ4n) is 2.80. The van der Waals surface area contributed by atoms with Gasteiger partial charge in [0.05, 0.1) is 10.0 Å². The Morgan fingerprint density at radius 3 is 2.15 bits per heavy atom. The van der Waals surface area contributed by atoms with Crippen molar-refractivity contribution >= 4 is 46.1 Å². The van der Waals surface area contributed by atoms with Gasteiger partial charge in [0.15, 0.2) is 0 Å². The zero-order chi connectivity index (χ0) is 20.0. The molecule has 2 aromatic heterocycles. The molecule has 0 bridgehead atoms. The van der Waals surface area contributed by atoms with Crippen molar-refractivity contribution in [1.29, 1.82) is 0 Å². The molecule has 0 saturated carbocycles. The van der Waals surface area contributed by atoms with Crippen molar-refractivity contribution < 1.29 is 5.11 Å². The topological polar surface area (TPSA) is 98.6 Å². The summed E-state index contributed by atoms with van der Waals surface area (Å²) in [6.07, 6.45) is 1.09. The van der Waals surface area contributed by atoms with Crippen LogP contribution in [0.3, 0.4) is 0 Å². The minimum absolute atomic E-state index is 0.00136. The summed E-state index contributed by atoms with van der Waals surface area (Å²) in [7, 11) is 4.08. The van der Waals surface area contributed by atoms with Crippen LogP contribution in [0.25, 0.3) is 11.0 Å². The molecule has 1 N–H and O–H groups in total. The van der Waals surface area contributed by atoms with Crippen LogP contribution in [0.1, 0.15) is 5.56 Å². The number of fused-ring (bicyclic) bond motifs is 1. The lowest BCUT2D eigenvalue weighted by molar-refractivity contribution is 0.476. The van der Waals surface area contributed by atoms with Crippen LogP contribution >= 0.6 is 23.2 Å². The fourth-order valence-corrected chi connectivity index (χ4v) is 3.30. The first-order valence-electron chi connectivity index (χ1n) is 7.66. The number of pyridine rings is 1. The predicted octanol–water partition coefficient (Wildman–Crippen LogP) is 1.70. The number of aromatic hydroxyl groups is 1. The van der Waals surface area contributed by atoms with Crippen molar-refractivity contribution in [1.82, 2.24) is 13.7 Å². The van der Waals surface area contributed by atoms with Gasteiger partial charge in [0.1, 0.15) is 28.0 Å². The summed E-state index contributed by atoms with van der Waals surface area (Å²) < 4.78 is 3.06. The smallest absolute Gasteiger partial charge is 0.332 e. The maximum atomic E-state index is 12.7. The molecule has 10 heteroatoms. The van der Waals surface area contributed by atoms with Crippen molar-refractivity contribution in [2.24, 2.45) is 26.1 Å². The summed E-state index contributed by atoms with van der Waals surface area (Å²) in [6, 6.07) is 4.79. The average molecular weight is 409 g/mol. The van der Waals surface area contributed by atoms with Crippen molar-refractivity contribution in [3.8, 4) is 5.75 Å². The molecule has 0 amide bonds. The van der Waals surface area contributed by atoms with Gasteiger partial charge in [-0.2, -0.15) is 0 Å². The molecule has 1 aromatic carbocycles. The second-order valence-electron chi connectivity index (χ2n) is 5.86. The van der Waals surface area contributed by atoms with Gasteiger partial charge in [0, 0.05) is 27.4 Å². The average Bonchev–Trinajstić information content (AvgIpc) is 2.63. The lowest BCUT2D eigenvalue weighted by Crippen LogP contribution is -2.40. The summed E-state index contributed by atoms with van der Waals surface area (Å²) in [5.74, 6) is -0.573. The molecule has 0 unspecified atom stereocenters. The molecule has 0 aliphatic rings. The van der Waals surface area contributed by atoms with Crippen molar-refractivity contribution in [3.63, 3.8) is 0 Å². The molecule has 0 spiro atoms. The van der Waals surface area contributed by atoms with Crippen LogP contribution in [-0.4, -0.2) is 25.0 Å². The van der Waals surface area contributed by atoms with Gasteiger partial charge in [0.2, 0.25) is 0 Å². The van der Waals surface area contributed by atoms with E-state index in [9.17, 15) is 19.5 Å². The van der Waals surface area contributed by atoms with Crippen molar-refractivity contribution in [2.75, 3.05) is 0 Å². The van der Waals surface area contributed by atoms with Gasteiger partial charge >= 0.3 is 5.69 Å². The monoisotopic (exact) mass is 408 g/mol. The number of para-hydroxylation sites is 1. The molecule has 0 aliphatic carbocycles. The van der Waals surface area contributed by atoms with Gasteiger partial charge in [0.25, 0.3) is 11.1 Å². The van der Waals surface area contributed by atoms with Crippen LogP contribution in [0.2, 0.25) is 10.0 Å². The number of aryl methyl sites for hydroxylation is 2. The van der Waals surface area contributed by atoms with E-state index in [2.05, 4.69) is 4.99 Å². The summed E-state index contributed by atoms with van der Waals surface area (Å²) in [5, 5.41) is 10.9. The largest absolute Gasteiger partial charge is 0.506 e. The number of aliphatic imine (C=N–C) groups is 1. The van der Waals surface area contributed by atoms with Gasteiger partial charge in [-0.3, -0.25) is 28.3 Å². The van der Waals surface area contributed by atoms with Gasteiger partial charge in [-0.05, 0) is 12.1 Å². The highest BCUT2D eigenvalue weighted by molar-refractivity contribution is 6.38. The van der Waals surface area contributed by atoms with E-state index in [0.29, 0.717) is 0 Å². The Bertz CT molecular complexity index is 1280. The molecular formula is C17H14Cl2N4O4. The summed E-state index contributed by atoms with van der Waals surface area (Å²) in [6.45, 7) is 0. The standard InChI is InChI=1S/C17H14Cl2N4O4/c1-21-14-11(16(26)23(3)17(27)22(14)2)13(24)8(15(21)25)7-20-12-9(18)5-4-6-10(12)19/h4-7,24H,1-3H3. The van der Waals surface area contributed by atoms with Crippen molar-refractivity contribution in [2.45, 2.75) is 0 Å². The van der Waals surface area contributed by atoms with E-state index in [-0.39, 0.29) is 32.3 Å². The SMILES string of the molecule is Cn1c(=O)c2c(O)c(C=Nc3c(Cl)cccc3Cl)c(=O)n(C)c2n(C)c1=O. The second kappa shape index (κ2) is 6.71. The molecule has 3 aromatic rings. The number of nitrogens with zero attached hydrogens (tertiary/aromatic N) is 4. The fraction of sp³-hybridized carbons (Fsp3) is 0.176. The lowest BCUT2D eigenvalue weighted by Gasteiger charge is -2.13. The van der Waals surface area contributed by atoms with Crippen LogP contribution in [0.4, 0.5) is 5.69 Å². The Labute approximate surface area is 162 Å². The lowest BCUT2D eigenvalue weighted by atomic mass is 10.2. The maximum Gasteiger partial charge on any atom is 0.332 e. The van der Waals surface area contributed by atoms with E-state index < -0.39 is 22.6 Å². The molecule has 2 heterocycles. The van der Waals surface area contributed by atoms with E-state index in [4.69, 9.17) is 23.2 Å². The Balaban J connectivity index is 2.40. The molecule has 3 rings (SSSR count). The molecule has 140 valence electrons. The van der Waals surface area contributed by atoms with E-state index in [1.807, 2.05) is 0 Å². The molecule has 0 aliphatic heterocycles. The van der Waals surface area contributed by atoms with Gasteiger partial charge in [-0.25, -0.2) is 4.79 Å². The molecule has 8 nitrogen and oxygen atoms in total. The van der Waals surface area contributed by atoms with Crippen LogP contribution < -0.4 is 16.8 Å². The van der Waals surface area contributed by atoms with E-state index in [0.717, 1.165) is 19.9 Å². The summed E-state index contributed by atoms with van der Waals surface area (Å²) in [5.41, 5.74) is -2.00. The Kier molecular flexibility index (Phi) is 4.71. The quantitative estimate of drug-likeness (QED) is 0.652. The van der Waals surface area contributed by atoms with E-state index in [1.54, 1.807) is 18.2 Å². The predicted molar refractivity (Wildman–Crippen MR) is 105 cm³/mol. The van der Waals surface area contributed by atoms with Gasteiger partial charge in [-0.1, -0.05) is 29.3 Å². The molecule has 0 radical (unpaired) electrons. The normalized spacial score (nSPS) is 11.6. The highest BCUT2D eigenvalue weighted by Crippen LogP contribution is 2.32. The van der Waals surface area contributed by atoms with E-state index >= 15 is 0 Å². The minimum Gasteiger partial charge on any atom is -0.506 e. The zero-order valence-electron chi connectivity index (χ0n) is 14.5. The van der Waals surface area contributed by atoms with Gasteiger partial charge in [-0.15, -0.1) is 0 Å². The van der Waals surface area contributed by atoms with Crippen LogP contribution in [0, 0.1) is 0 Å². The van der Waals surface area contributed by atoms with Crippen molar-refractivity contribution in [3.05, 3.63) is 65.0 Å². The number of rotatable bonds is 2. The maximum absolute atomic E-state index is 12.7. The number of hydrogen-bond acceptors (Lipinski definition) is 5. The second-order valence-corrected chi connectivity index (χ2v) is 6.67. The molecule has 0 saturated heterocycles. The van der Waals surface area contributed by atoms with Crippen LogP contribution in [0.15, 0.2) is 37.6 Å². The molecule has 0 fully saturated rings. The van der Waals surface area contributed by atoms with Crippen LogP contribution in [-0.2, 0) is 21.1 Å². The Hall–Kier alpha value is -2.84. The Morgan fingerprint density at radius 1 is 0.963 bits per heavy atom. The third kappa shape index (κ3) is 2.87. The summed E-state index contributed by atoms with van der Waals surface area (Å²) in [4.78, 5) is 41.4. The number of halogens is 2. The van der Waals surface area contributed by atoms with Gasteiger partial charge < -0.3 is 5.11 Å². The van der Waals surface area contributed by atoms with Crippen LogP contribution in [0.5, 0.6) is 5.75 Å². The third-order valence-electron chi connectivity index (χ3n) is 4.24. The van der Waals surface area contributed by atoms with E-state index in [1.165, 1.54) is 21.1 Å². The first kappa shape index (κ1) is 18.9. The highest BCUT2D eigenvalue weighted by Gasteiger charge is 2.20. The number of aromatic nitrogens is 3. The highest BCUT2D eigenvalue weighted by atomic mass is 35.5. The number of hydrogen-bond donors (Lipinski definition) is 1. The molecular weight excluding hydrogens is 395 g/mol. The first-order chi connectivity index (χ1) is 12.7. The third-order valence-corrected chi connectivity index (χ3v) is 4.85. The minimum atomic E-state index is -0.730. The zero-order valence-corrected chi connectivity index (χ0v) is 16.0. The number of benzene rings is 1. The molecule has 0 atom stereocenters. The Morgan fingerprint density at radius 2 is 1.56 bits per heavy atom. The first-order valence-corrected chi connectivity index (χ1v) is 8.42.